The summed E-state index contributed by atoms with van der Waals surface area (Å²) in [5.74, 6) is -0.264. The maximum absolute atomic E-state index is 11.5. The van der Waals surface area contributed by atoms with Crippen LogP contribution in [0.2, 0.25) is 0 Å². The van der Waals surface area contributed by atoms with E-state index in [0.29, 0.717) is 5.58 Å². The van der Waals surface area contributed by atoms with Crippen LogP contribution in [-0.4, -0.2) is 9.67 Å². The smallest absolute Gasteiger partial charge is 0.408 e. The molecule has 2 aromatic carbocycles. The molecular formula is C17H15NO3. The Labute approximate surface area is 121 Å². The highest BCUT2D eigenvalue weighted by Gasteiger charge is 2.32. The van der Waals surface area contributed by atoms with Crippen molar-refractivity contribution in [2.75, 3.05) is 0 Å². The summed E-state index contributed by atoms with van der Waals surface area (Å²) in [5.41, 5.74) is 4.56. The first-order valence-corrected chi connectivity index (χ1v) is 7.00. The molecule has 106 valence electrons. The van der Waals surface area contributed by atoms with Crippen LogP contribution in [-0.2, 0) is 13.5 Å². The number of aromatic nitrogens is 1. The van der Waals surface area contributed by atoms with Crippen LogP contribution in [0.1, 0.15) is 28.7 Å². The van der Waals surface area contributed by atoms with Crippen molar-refractivity contribution in [1.29, 1.82) is 0 Å². The lowest BCUT2D eigenvalue weighted by Gasteiger charge is -2.34. The molecule has 1 heterocycles. The van der Waals surface area contributed by atoms with Gasteiger partial charge in [0.2, 0.25) is 0 Å². The Kier molecular flexibility index (Phi) is 2.56. The minimum Gasteiger partial charge on any atom is -0.408 e. The van der Waals surface area contributed by atoms with Crippen molar-refractivity contribution in [2.24, 2.45) is 7.05 Å². The SMILES string of the molecule is Cn1c(=O)oc2cc(C(O)C3Cc4ccccc43)ccc21. The molecule has 1 aromatic heterocycles. The molecule has 0 aliphatic heterocycles. The Morgan fingerprint density at radius 1 is 1.29 bits per heavy atom. The second kappa shape index (κ2) is 4.33. The molecule has 4 rings (SSSR count). The van der Waals surface area contributed by atoms with Crippen molar-refractivity contribution >= 4 is 11.1 Å². The molecule has 0 amide bonds. The van der Waals surface area contributed by atoms with E-state index in [0.717, 1.165) is 17.5 Å². The molecule has 1 aliphatic carbocycles. The van der Waals surface area contributed by atoms with Crippen LogP contribution < -0.4 is 5.76 Å². The molecule has 4 nitrogen and oxygen atoms in total. The van der Waals surface area contributed by atoms with E-state index in [1.54, 1.807) is 13.1 Å². The molecule has 2 atom stereocenters. The fraction of sp³-hybridized carbons (Fsp3) is 0.235. The van der Waals surface area contributed by atoms with Crippen LogP contribution in [0, 0.1) is 0 Å². The first-order chi connectivity index (χ1) is 10.1. The second-order valence-electron chi connectivity index (χ2n) is 5.61. The maximum atomic E-state index is 11.5. The summed E-state index contributed by atoms with van der Waals surface area (Å²) in [6.45, 7) is 0. The van der Waals surface area contributed by atoms with Gasteiger partial charge in [0, 0.05) is 13.0 Å². The van der Waals surface area contributed by atoms with Gasteiger partial charge in [-0.15, -0.1) is 0 Å². The third kappa shape index (κ3) is 1.76. The topological polar surface area (TPSA) is 55.4 Å². The Bertz CT molecular complexity index is 890. The lowest BCUT2D eigenvalue weighted by Crippen LogP contribution is -2.23. The number of benzene rings is 2. The summed E-state index contributed by atoms with van der Waals surface area (Å²) in [5, 5.41) is 10.6. The number of hydrogen-bond acceptors (Lipinski definition) is 3. The first kappa shape index (κ1) is 12.4. The minimum absolute atomic E-state index is 0.120. The lowest BCUT2D eigenvalue weighted by molar-refractivity contribution is 0.134. The van der Waals surface area contributed by atoms with Gasteiger partial charge >= 0.3 is 5.76 Å². The number of rotatable bonds is 2. The number of aryl methyl sites for hydroxylation is 1. The van der Waals surface area contributed by atoms with Crippen LogP contribution in [0.3, 0.4) is 0 Å². The van der Waals surface area contributed by atoms with Gasteiger partial charge in [-0.2, -0.15) is 0 Å². The fourth-order valence-corrected chi connectivity index (χ4v) is 3.15. The van der Waals surface area contributed by atoms with Crippen molar-refractivity contribution in [1.82, 2.24) is 4.57 Å². The Morgan fingerprint density at radius 3 is 2.90 bits per heavy atom. The van der Waals surface area contributed by atoms with Crippen molar-refractivity contribution in [3.63, 3.8) is 0 Å². The van der Waals surface area contributed by atoms with Gasteiger partial charge in [0.05, 0.1) is 11.6 Å². The standard InChI is InChI=1S/C17H15NO3/c1-18-14-7-6-11(9-15(14)21-17(18)20)16(19)13-8-10-4-2-3-5-12(10)13/h2-7,9,13,16,19H,8H2,1H3. The van der Waals surface area contributed by atoms with Crippen LogP contribution in [0.25, 0.3) is 11.1 Å². The quantitative estimate of drug-likeness (QED) is 0.785. The number of aliphatic hydroxyl groups excluding tert-OH is 1. The zero-order chi connectivity index (χ0) is 14.6. The average Bonchev–Trinajstić information content (AvgIpc) is 2.75. The molecule has 0 fully saturated rings. The molecule has 21 heavy (non-hydrogen) atoms. The fourth-order valence-electron chi connectivity index (χ4n) is 3.15. The summed E-state index contributed by atoms with van der Waals surface area (Å²) < 4.78 is 6.65. The van der Waals surface area contributed by atoms with E-state index in [2.05, 4.69) is 12.1 Å². The number of fused-ring (bicyclic) bond motifs is 2. The first-order valence-electron chi connectivity index (χ1n) is 7.00. The largest absolute Gasteiger partial charge is 0.419 e. The Hall–Kier alpha value is -2.33. The molecule has 0 saturated heterocycles. The summed E-state index contributed by atoms with van der Waals surface area (Å²) in [7, 11) is 1.67. The zero-order valence-corrected chi connectivity index (χ0v) is 11.6. The third-order valence-corrected chi connectivity index (χ3v) is 4.43. The van der Waals surface area contributed by atoms with Gasteiger partial charge in [-0.05, 0) is 35.2 Å². The van der Waals surface area contributed by atoms with E-state index in [9.17, 15) is 9.90 Å². The summed E-state index contributed by atoms with van der Waals surface area (Å²) in [6.07, 6.45) is 0.309. The number of oxazole rings is 1. The van der Waals surface area contributed by atoms with Gasteiger partial charge in [-0.1, -0.05) is 30.3 Å². The summed E-state index contributed by atoms with van der Waals surface area (Å²) >= 11 is 0. The number of hydrogen-bond donors (Lipinski definition) is 1. The van der Waals surface area contributed by atoms with Crippen LogP contribution in [0.15, 0.2) is 51.7 Å². The Morgan fingerprint density at radius 2 is 2.10 bits per heavy atom. The zero-order valence-electron chi connectivity index (χ0n) is 11.6. The molecule has 1 aliphatic rings. The predicted octanol–water partition coefficient (Wildman–Crippen LogP) is 2.50. The van der Waals surface area contributed by atoms with Crippen molar-refractivity contribution in [3.8, 4) is 0 Å². The molecule has 1 N–H and O–H groups in total. The van der Waals surface area contributed by atoms with Crippen molar-refractivity contribution in [2.45, 2.75) is 18.4 Å². The third-order valence-electron chi connectivity index (χ3n) is 4.43. The number of aliphatic hydroxyl groups is 1. The monoisotopic (exact) mass is 281 g/mol. The van der Waals surface area contributed by atoms with Crippen molar-refractivity contribution in [3.05, 3.63) is 69.7 Å². The highest BCUT2D eigenvalue weighted by atomic mass is 16.4. The highest BCUT2D eigenvalue weighted by molar-refractivity contribution is 5.73. The van der Waals surface area contributed by atoms with Crippen LogP contribution in [0.4, 0.5) is 0 Å². The molecule has 0 spiro atoms. The van der Waals surface area contributed by atoms with E-state index in [4.69, 9.17) is 4.42 Å². The molecular weight excluding hydrogens is 266 g/mol. The lowest BCUT2D eigenvalue weighted by atomic mass is 9.73. The van der Waals surface area contributed by atoms with Gasteiger partial charge in [-0.25, -0.2) is 4.79 Å². The molecule has 0 bridgehead atoms. The van der Waals surface area contributed by atoms with Crippen molar-refractivity contribution < 1.29 is 9.52 Å². The van der Waals surface area contributed by atoms with Gasteiger partial charge < -0.3 is 9.52 Å². The summed E-state index contributed by atoms with van der Waals surface area (Å²) in [6, 6.07) is 13.6. The van der Waals surface area contributed by atoms with Gasteiger partial charge in [-0.3, -0.25) is 4.57 Å². The minimum atomic E-state index is -0.574. The molecule has 2 unspecified atom stereocenters. The molecule has 3 aromatic rings. The number of nitrogens with zero attached hydrogens (tertiary/aromatic N) is 1. The predicted molar refractivity (Wildman–Crippen MR) is 79.3 cm³/mol. The van der Waals surface area contributed by atoms with E-state index < -0.39 is 6.10 Å². The molecule has 0 saturated carbocycles. The van der Waals surface area contributed by atoms with E-state index in [1.165, 1.54) is 15.7 Å². The normalized spacial score (nSPS) is 18.3. The van der Waals surface area contributed by atoms with Gasteiger partial charge in [0.15, 0.2) is 5.58 Å². The van der Waals surface area contributed by atoms with Crippen LogP contribution >= 0.6 is 0 Å². The van der Waals surface area contributed by atoms with E-state index >= 15 is 0 Å². The second-order valence-corrected chi connectivity index (χ2v) is 5.61. The highest BCUT2D eigenvalue weighted by Crippen LogP contribution is 2.43. The molecule has 4 heteroatoms. The van der Waals surface area contributed by atoms with Gasteiger partial charge in [0.25, 0.3) is 0 Å². The maximum Gasteiger partial charge on any atom is 0.419 e. The Balaban J connectivity index is 1.72. The van der Waals surface area contributed by atoms with Crippen LogP contribution in [0.5, 0.6) is 0 Å². The average molecular weight is 281 g/mol. The van der Waals surface area contributed by atoms with E-state index in [1.807, 2.05) is 24.3 Å². The van der Waals surface area contributed by atoms with E-state index in [-0.39, 0.29) is 11.7 Å². The summed E-state index contributed by atoms with van der Waals surface area (Å²) in [4.78, 5) is 11.5. The van der Waals surface area contributed by atoms with Gasteiger partial charge in [0.1, 0.15) is 0 Å². The molecule has 0 radical (unpaired) electrons.